The number of rotatable bonds is 7. The van der Waals surface area contributed by atoms with Crippen LogP contribution in [0.5, 0.6) is 5.75 Å². The molecule has 1 heterocycles. The van der Waals surface area contributed by atoms with Crippen LogP contribution in [0.25, 0.3) is 0 Å². The van der Waals surface area contributed by atoms with Gasteiger partial charge in [0.25, 0.3) is 5.91 Å². The number of aromatic amines is 1. The minimum atomic E-state index is -0.0897. The fourth-order valence-electron chi connectivity index (χ4n) is 1.94. The van der Waals surface area contributed by atoms with Crippen molar-refractivity contribution in [3.63, 3.8) is 0 Å². The van der Waals surface area contributed by atoms with Gasteiger partial charge in [-0.25, -0.2) is 0 Å². The molecule has 0 saturated heterocycles. The number of H-pyrrole nitrogens is 1. The molecule has 0 bridgehead atoms. The van der Waals surface area contributed by atoms with Crippen molar-refractivity contribution in [3.05, 3.63) is 53.9 Å². The molecule has 0 aliphatic heterocycles. The maximum absolute atomic E-state index is 11.6. The van der Waals surface area contributed by atoms with E-state index in [0.717, 1.165) is 18.6 Å². The Kier molecular flexibility index (Phi) is 5.24. The van der Waals surface area contributed by atoms with Gasteiger partial charge >= 0.3 is 0 Å². The molecular formula is C16H20N2O2. The fraction of sp³-hybridized carbons (Fsp3) is 0.312. The minimum Gasteiger partial charge on any atom is -0.492 e. The summed E-state index contributed by atoms with van der Waals surface area (Å²) in [6.45, 7) is 3.11. The number of carbonyl (C=O) groups is 1. The molecule has 0 spiro atoms. The molecule has 1 aromatic carbocycles. The molecule has 0 aliphatic carbocycles. The Bertz CT molecular complexity index is 518. The third-order valence-corrected chi connectivity index (χ3v) is 2.98. The van der Waals surface area contributed by atoms with E-state index in [4.69, 9.17) is 4.74 Å². The standard InChI is InChI=1S/C16H20N2O2/c1-2-3-13-4-6-15(7-5-13)20-11-10-18-16(19)14-8-9-17-12-14/h4-9,12,17H,2-3,10-11H2,1H3,(H,18,19). The second-order valence-corrected chi connectivity index (χ2v) is 4.60. The van der Waals surface area contributed by atoms with Crippen LogP contribution in [0, 0.1) is 0 Å². The predicted molar refractivity (Wildman–Crippen MR) is 79.1 cm³/mol. The molecule has 4 nitrogen and oxygen atoms in total. The van der Waals surface area contributed by atoms with Crippen molar-refractivity contribution in [2.45, 2.75) is 19.8 Å². The molecule has 2 rings (SSSR count). The molecule has 0 aliphatic rings. The number of benzene rings is 1. The zero-order valence-corrected chi connectivity index (χ0v) is 11.7. The Balaban J connectivity index is 1.69. The Hall–Kier alpha value is -2.23. The molecular weight excluding hydrogens is 252 g/mol. The number of carbonyl (C=O) groups excluding carboxylic acids is 1. The maximum Gasteiger partial charge on any atom is 0.252 e. The Morgan fingerprint density at radius 2 is 2.05 bits per heavy atom. The summed E-state index contributed by atoms with van der Waals surface area (Å²) in [5.74, 6) is 0.744. The van der Waals surface area contributed by atoms with Crippen LogP contribution in [-0.2, 0) is 6.42 Å². The average Bonchev–Trinajstić information content (AvgIpc) is 3.00. The molecule has 4 heteroatoms. The van der Waals surface area contributed by atoms with Crippen LogP contribution in [0.4, 0.5) is 0 Å². The zero-order valence-electron chi connectivity index (χ0n) is 11.7. The van der Waals surface area contributed by atoms with Gasteiger partial charge in [0.05, 0.1) is 12.1 Å². The lowest BCUT2D eigenvalue weighted by Crippen LogP contribution is -2.27. The largest absolute Gasteiger partial charge is 0.492 e. The normalized spacial score (nSPS) is 10.2. The Morgan fingerprint density at radius 1 is 1.25 bits per heavy atom. The summed E-state index contributed by atoms with van der Waals surface area (Å²) in [5.41, 5.74) is 1.95. The van der Waals surface area contributed by atoms with Gasteiger partial charge in [-0.3, -0.25) is 4.79 Å². The molecule has 2 N–H and O–H groups in total. The maximum atomic E-state index is 11.6. The van der Waals surface area contributed by atoms with E-state index >= 15 is 0 Å². The minimum absolute atomic E-state index is 0.0897. The summed E-state index contributed by atoms with van der Waals surface area (Å²) in [4.78, 5) is 14.5. The first-order valence-corrected chi connectivity index (χ1v) is 6.92. The highest BCUT2D eigenvalue weighted by molar-refractivity contribution is 5.93. The average molecular weight is 272 g/mol. The molecule has 2 aromatic rings. The van der Waals surface area contributed by atoms with Gasteiger partial charge in [-0.1, -0.05) is 25.5 Å². The van der Waals surface area contributed by atoms with Crippen LogP contribution in [0.2, 0.25) is 0 Å². The van der Waals surface area contributed by atoms with Crippen molar-refractivity contribution in [2.75, 3.05) is 13.2 Å². The van der Waals surface area contributed by atoms with Gasteiger partial charge in [0.1, 0.15) is 12.4 Å². The second-order valence-electron chi connectivity index (χ2n) is 4.60. The highest BCUT2D eigenvalue weighted by Crippen LogP contribution is 2.13. The number of nitrogens with one attached hydrogen (secondary N) is 2. The first kappa shape index (κ1) is 14.2. The van der Waals surface area contributed by atoms with E-state index in [9.17, 15) is 4.79 Å². The van der Waals surface area contributed by atoms with Crippen LogP contribution >= 0.6 is 0 Å². The molecule has 1 aromatic heterocycles. The van der Waals surface area contributed by atoms with E-state index in [0.29, 0.717) is 18.7 Å². The van der Waals surface area contributed by atoms with Crippen molar-refractivity contribution >= 4 is 5.91 Å². The van der Waals surface area contributed by atoms with Crippen molar-refractivity contribution in [3.8, 4) is 5.75 Å². The van der Waals surface area contributed by atoms with Crippen LogP contribution in [0.3, 0.4) is 0 Å². The first-order valence-electron chi connectivity index (χ1n) is 6.92. The first-order chi connectivity index (χ1) is 9.79. The molecule has 106 valence electrons. The number of aromatic nitrogens is 1. The lowest BCUT2D eigenvalue weighted by atomic mass is 10.1. The third-order valence-electron chi connectivity index (χ3n) is 2.98. The lowest BCUT2D eigenvalue weighted by Gasteiger charge is -2.08. The van der Waals surface area contributed by atoms with Crippen LogP contribution < -0.4 is 10.1 Å². The van der Waals surface area contributed by atoms with E-state index < -0.39 is 0 Å². The summed E-state index contributed by atoms with van der Waals surface area (Å²) in [6, 6.07) is 9.84. The molecule has 0 atom stereocenters. The van der Waals surface area contributed by atoms with Gasteiger partial charge in [-0.2, -0.15) is 0 Å². The quantitative estimate of drug-likeness (QED) is 0.761. The van der Waals surface area contributed by atoms with Crippen molar-refractivity contribution in [1.29, 1.82) is 0 Å². The summed E-state index contributed by atoms with van der Waals surface area (Å²) in [6.07, 6.45) is 5.63. The van der Waals surface area contributed by atoms with E-state index in [1.165, 1.54) is 5.56 Å². The van der Waals surface area contributed by atoms with Crippen molar-refractivity contribution < 1.29 is 9.53 Å². The lowest BCUT2D eigenvalue weighted by molar-refractivity contribution is 0.0947. The zero-order chi connectivity index (χ0) is 14.2. The molecule has 0 saturated carbocycles. The number of amides is 1. The number of hydrogen-bond donors (Lipinski definition) is 2. The molecule has 0 radical (unpaired) electrons. The molecule has 0 unspecified atom stereocenters. The molecule has 0 fully saturated rings. The van der Waals surface area contributed by atoms with Gasteiger partial charge in [0, 0.05) is 12.4 Å². The van der Waals surface area contributed by atoms with E-state index in [1.54, 1.807) is 18.5 Å². The van der Waals surface area contributed by atoms with E-state index in [2.05, 4.69) is 29.4 Å². The van der Waals surface area contributed by atoms with Gasteiger partial charge < -0.3 is 15.0 Å². The van der Waals surface area contributed by atoms with E-state index in [-0.39, 0.29) is 5.91 Å². The van der Waals surface area contributed by atoms with Crippen molar-refractivity contribution in [2.24, 2.45) is 0 Å². The van der Waals surface area contributed by atoms with Gasteiger partial charge in [0.15, 0.2) is 0 Å². The summed E-state index contributed by atoms with van der Waals surface area (Å²) in [7, 11) is 0. The van der Waals surface area contributed by atoms with Crippen molar-refractivity contribution in [1.82, 2.24) is 10.3 Å². The topological polar surface area (TPSA) is 54.1 Å². The second kappa shape index (κ2) is 7.38. The van der Waals surface area contributed by atoms with Crippen LogP contribution in [-0.4, -0.2) is 24.0 Å². The molecule has 1 amide bonds. The number of hydrogen-bond acceptors (Lipinski definition) is 2. The Morgan fingerprint density at radius 3 is 2.70 bits per heavy atom. The van der Waals surface area contributed by atoms with Gasteiger partial charge in [-0.15, -0.1) is 0 Å². The SMILES string of the molecule is CCCc1ccc(OCCNC(=O)c2cc[nH]c2)cc1. The summed E-state index contributed by atoms with van der Waals surface area (Å²) in [5, 5.41) is 2.80. The summed E-state index contributed by atoms with van der Waals surface area (Å²) >= 11 is 0. The van der Waals surface area contributed by atoms with Gasteiger partial charge in [0.2, 0.25) is 0 Å². The highest BCUT2D eigenvalue weighted by atomic mass is 16.5. The van der Waals surface area contributed by atoms with Crippen LogP contribution in [0.1, 0.15) is 29.3 Å². The Labute approximate surface area is 119 Å². The van der Waals surface area contributed by atoms with Gasteiger partial charge in [-0.05, 0) is 30.2 Å². The molecule has 20 heavy (non-hydrogen) atoms. The highest BCUT2D eigenvalue weighted by Gasteiger charge is 2.04. The monoisotopic (exact) mass is 272 g/mol. The smallest absolute Gasteiger partial charge is 0.252 e. The number of aryl methyl sites for hydroxylation is 1. The summed E-state index contributed by atoms with van der Waals surface area (Å²) < 4.78 is 5.58. The fourth-order valence-corrected chi connectivity index (χ4v) is 1.94. The number of ether oxygens (including phenoxy) is 1. The predicted octanol–water partition coefficient (Wildman–Crippen LogP) is 2.78. The van der Waals surface area contributed by atoms with E-state index in [1.807, 2.05) is 12.1 Å². The third kappa shape index (κ3) is 4.16. The van der Waals surface area contributed by atoms with Crippen LogP contribution in [0.15, 0.2) is 42.7 Å².